The van der Waals surface area contributed by atoms with E-state index in [9.17, 15) is 0 Å². The summed E-state index contributed by atoms with van der Waals surface area (Å²) in [6.07, 6.45) is 2.68. The molecule has 0 radical (unpaired) electrons. The Morgan fingerprint density at radius 2 is 1.79 bits per heavy atom. The Morgan fingerprint density at radius 1 is 1.21 bits per heavy atom. The molecule has 2 heteroatoms. The molecule has 0 saturated carbocycles. The Hall–Kier alpha value is -0.0800. The summed E-state index contributed by atoms with van der Waals surface area (Å²) in [6.45, 7) is 11.8. The van der Waals surface area contributed by atoms with Crippen molar-refractivity contribution in [2.45, 2.75) is 59.6 Å². The van der Waals surface area contributed by atoms with Gasteiger partial charge in [0.2, 0.25) is 0 Å². The molecule has 0 aromatic heterocycles. The molecule has 0 aliphatic carbocycles. The van der Waals surface area contributed by atoms with E-state index in [1.54, 1.807) is 0 Å². The Kier molecular flexibility index (Phi) is 6.38. The molecule has 0 heterocycles. The average molecular weight is 201 g/mol. The van der Waals surface area contributed by atoms with Gasteiger partial charge >= 0.3 is 0 Å². The normalized spacial score (nSPS) is 16.7. The van der Waals surface area contributed by atoms with Crippen LogP contribution in [0.25, 0.3) is 0 Å². The molecule has 0 aliphatic heterocycles. The zero-order chi connectivity index (χ0) is 11.2. The predicted molar refractivity (Wildman–Crippen MR) is 62.6 cm³/mol. The summed E-state index contributed by atoms with van der Waals surface area (Å²) in [4.78, 5) is 0. The first-order chi connectivity index (χ1) is 6.47. The molecule has 0 amide bonds. The van der Waals surface area contributed by atoms with E-state index in [1.165, 1.54) is 12.8 Å². The summed E-state index contributed by atoms with van der Waals surface area (Å²) in [5.41, 5.74) is 0.207. The SMILES string of the molecule is CCCC(NC)C(OCC)C(C)(C)C. The monoisotopic (exact) mass is 201 g/mol. The summed E-state index contributed by atoms with van der Waals surface area (Å²) in [5.74, 6) is 0. The highest BCUT2D eigenvalue weighted by Gasteiger charge is 2.31. The van der Waals surface area contributed by atoms with Crippen LogP contribution in [0.4, 0.5) is 0 Å². The lowest BCUT2D eigenvalue weighted by Crippen LogP contribution is -2.46. The van der Waals surface area contributed by atoms with Crippen molar-refractivity contribution in [3.05, 3.63) is 0 Å². The predicted octanol–water partition coefficient (Wildman–Crippen LogP) is 2.83. The summed E-state index contributed by atoms with van der Waals surface area (Å²) in [5, 5.41) is 3.37. The van der Waals surface area contributed by atoms with Crippen LogP contribution in [0.2, 0.25) is 0 Å². The lowest BCUT2D eigenvalue weighted by Gasteiger charge is -2.36. The highest BCUT2D eigenvalue weighted by Crippen LogP contribution is 2.26. The molecule has 0 aliphatic rings. The molecule has 86 valence electrons. The van der Waals surface area contributed by atoms with Crippen LogP contribution in [0.3, 0.4) is 0 Å². The second kappa shape index (κ2) is 6.41. The summed E-state index contributed by atoms with van der Waals surface area (Å²) in [6, 6.07) is 0.472. The topological polar surface area (TPSA) is 21.3 Å². The number of hydrogen-bond acceptors (Lipinski definition) is 2. The molecule has 2 nitrogen and oxygen atoms in total. The van der Waals surface area contributed by atoms with E-state index in [-0.39, 0.29) is 5.41 Å². The maximum Gasteiger partial charge on any atom is 0.0775 e. The first kappa shape index (κ1) is 13.9. The Balaban J connectivity index is 4.43. The van der Waals surface area contributed by atoms with Crippen molar-refractivity contribution in [2.75, 3.05) is 13.7 Å². The highest BCUT2D eigenvalue weighted by atomic mass is 16.5. The van der Waals surface area contributed by atoms with Crippen molar-refractivity contribution >= 4 is 0 Å². The van der Waals surface area contributed by atoms with Gasteiger partial charge in [-0.25, -0.2) is 0 Å². The second-order valence-electron chi connectivity index (χ2n) is 4.93. The van der Waals surface area contributed by atoms with Crippen LogP contribution in [0.15, 0.2) is 0 Å². The molecule has 1 N–H and O–H groups in total. The van der Waals surface area contributed by atoms with Crippen LogP contribution in [0.5, 0.6) is 0 Å². The van der Waals surface area contributed by atoms with Gasteiger partial charge in [0.1, 0.15) is 0 Å². The molecule has 2 unspecified atom stereocenters. The van der Waals surface area contributed by atoms with Gasteiger partial charge in [0, 0.05) is 12.6 Å². The van der Waals surface area contributed by atoms with Gasteiger partial charge in [0.15, 0.2) is 0 Å². The van der Waals surface area contributed by atoms with Crippen LogP contribution in [-0.4, -0.2) is 25.8 Å². The molecule has 0 fully saturated rings. The van der Waals surface area contributed by atoms with Gasteiger partial charge in [0.05, 0.1) is 6.10 Å². The van der Waals surface area contributed by atoms with Gasteiger partial charge in [-0.3, -0.25) is 0 Å². The van der Waals surface area contributed by atoms with Gasteiger partial charge in [0.25, 0.3) is 0 Å². The number of nitrogens with one attached hydrogen (secondary N) is 1. The maximum absolute atomic E-state index is 5.85. The third kappa shape index (κ3) is 4.43. The largest absolute Gasteiger partial charge is 0.376 e. The van der Waals surface area contributed by atoms with Crippen molar-refractivity contribution < 1.29 is 4.74 Å². The van der Waals surface area contributed by atoms with Crippen LogP contribution in [0.1, 0.15) is 47.5 Å². The van der Waals surface area contributed by atoms with Crippen molar-refractivity contribution in [1.29, 1.82) is 0 Å². The second-order valence-corrected chi connectivity index (χ2v) is 4.93. The summed E-state index contributed by atoms with van der Waals surface area (Å²) in [7, 11) is 2.03. The Morgan fingerprint density at radius 3 is 2.07 bits per heavy atom. The van der Waals surface area contributed by atoms with E-state index in [0.29, 0.717) is 12.1 Å². The zero-order valence-electron chi connectivity index (χ0n) is 10.7. The summed E-state index contributed by atoms with van der Waals surface area (Å²) < 4.78 is 5.85. The molecule has 0 spiro atoms. The molecule has 0 aromatic carbocycles. The molecule has 0 rings (SSSR count). The van der Waals surface area contributed by atoms with Crippen LogP contribution in [0, 0.1) is 5.41 Å². The molecule has 0 aromatic rings. The lowest BCUT2D eigenvalue weighted by molar-refractivity contribution is -0.0359. The van der Waals surface area contributed by atoms with E-state index >= 15 is 0 Å². The fourth-order valence-electron chi connectivity index (χ4n) is 1.91. The van der Waals surface area contributed by atoms with Gasteiger partial charge in [-0.1, -0.05) is 34.1 Å². The third-order valence-corrected chi connectivity index (χ3v) is 2.54. The smallest absolute Gasteiger partial charge is 0.0775 e. The van der Waals surface area contributed by atoms with Crippen molar-refractivity contribution in [2.24, 2.45) is 5.41 Å². The number of rotatable bonds is 6. The number of ether oxygens (including phenoxy) is 1. The van der Waals surface area contributed by atoms with E-state index in [4.69, 9.17) is 4.74 Å². The van der Waals surface area contributed by atoms with Crippen LogP contribution < -0.4 is 5.32 Å². The minimum Gasteiger partial charge on any atom is -0.376 e. The highest BCUT2D eigenvalue weighted by molar-refractivity contribution is 4.85. The Bertz CT molecular complexity index is 140. The average Bonchev–Trinajstić information content (AvgIpc) is 2.09. The van der Waals surface area contributed by atoms with Gasteiger partial charge in [-0.2, -0.15) is 0 Å². The minimum atomic E-state index is 0.207. The molecule has 2 atom stereocenters. The van der Waals surface area contributed by atoms with Crippen LogP contribution in [-0.2, 0) is 4.74 Å². The molecule has 0 saturated heterocycles. The quantitative estimate of drug-likeness (QED) is 0.713. The van der Waals surface area contributed by atoms with Gasteiger partial charge in [-0.05, 0) is 25.8 Å². The molecule has 0 bridgehead atoms. The first-order valence-electron chi connectivity index (χ1n) is 5.76. The van der Waals surface area contributed by atoms with Gasteiger partial charge in [-0.15, -0.1) is 0 Å². The molecular weight excluding hydrogens is 174 g/mol. The van der Waals surface area contributed by atoms with Crippen LogP contribution >= 0.6 is 0 Å². The van der Waals surface area contributed by atoms with Gasteiger partial charge < -0.3 is 10.1 Å². The molecule has 14 heavy (non-hydrogen) atoms. The van der Waals surface area contributed by atoms with Crippen molar-refractivity contribution in [3.63, 3.8) is 0 Å². The van der Waals surface area contributed by atoms with E-state index < -0.39 is 0 Å². The Labute approximate surface area is 89.4 Å². The van der Waals surface area contributed by atoms with Crippen molar-refractivity contribution in [3.8, 4) is 0 Å². The number of hydrogen-bond donors (Lipinski definition) is 1. The standard InChI is InChI=1S/C12H27NO/c1-7-9-10(13-6)11(14-8-2)12(3,4)5/h10-11,13H,7-9H2,1-6H3. The van der Waals surface area contributed by atoms with E-state index in [2.05, 4.69) is 39.9 Å². The maximum atomic E-state index is 5.85. The lowest BCUT2D eigenvalue weighted by atomic mass is 9.83. The minimum absolute atomic E-state index is 0.207. The summed E-state index contributed by atoms with van der Waals surface area (Å²) >= 11 is 0. The zero-order valence-corrected chi connectivity index (χ0v) is 10.7. The fraction of sp³-hybridized carbons (Fsp3) is 1.00. The third-order valence-electron chi connectivity index (χ3n) is 2.54. The molecular formula is C12H27NO. The van der Waals surface area contributed by atoms with Crippen molar-refractivity contribution in [1.82, 2.24) is 5.32 Å². The fourth-order valence-corrected chi connectivity index (χ4v) is 1.91. The van der Waals surface area contributed by atoms with E-state index in [0.717, 1.165) is 6.61 Å². The number of likely N-dealkylation sites (N-methyl/N-ethyl adjacent to an activating group) is 1. The van der Waals surface area contributed by atoms with E-state index in [1.807, 2.05) is 7.05 Å². The first-order valence-corrected chi connectivity index (χ1v) is 5.76.